The van der Waals surface area contributed by atoms with Crippen LogP contribution in [0.1, 0.15) is 6.92 Å². The number of carbonyl (C=O) groups is 1. The molecular weight excluding hydrogens is 258 g/mol. The Hall–Kier alpha value is -2.43. The molecule has 0 spiro atoms. The van der Waals surface area contributed by atoms with Crippen LogP contribution in [-0.4, -0.2) is 26.9 Å². The summed E-state index contributed by atoms with van der Waals surface area (Å²) in [5.74, 6) is 1.50. The van der Waals surface area contributed by atoms with Crippen molar-refractivity contribution in [3.8, 4) is 17.2 Å². The second-order valence-electron chi connectivity index (χ2n) is 4.08. The molecule has 0 aromatic heterocycles. The summed E-state index contributed by atoms with van der Waals surface area (Å²) in [5, 5.41) is 4.21. The zero-order valence-electron chi connectivity index (χ0n) is 11.7. The number of fused-ring (bicyclic) bond motifs is 1. The third kappa shape index (κ3) is 2.61. The van der Waals surface area contributed by atoms with E-state index < -0.39 is 6.09 Å². The van der Waals surface area contributed by atoms with Gasteiger partial charge in [-0.1, -0.05) is 24.3 Å². The second-order valence-corrected chi connectivity index (χ2v) is 4.08. The van der Waals surface area contributed by atoms with Gasteiger partial charge in [0.2, 0.25) is 0 Å². The highest BCUT2D eigenvalue weighted by Gasteiger charge is 2.17. The lowest BCUT2D eigenvalue weighted by atomic mass is 10.1. The Morgan fingerprint density at radius 1 is 1.10 bits per heavy atom. The van der Waals surface area contributed by atoms with Gasteiger partial charge in [-0.25, -0.2) is 4.79 Å². The minimum atomic E-state index is -0.513. The normalized spacial score (nSPS) is 10.2. The van der Waals surface area contributed by atoms with Crippen LogP contribution >= 0.6 is 0 Å². The van der Waals surface area contributed by atoms with E-state index in [0.29, 0.717) is 23.8 Å². The van der Waals surface area contributed by atoms with Crippen molar-refractivity contribution in [2.45, 2.75) is 6.92 Å². The van der Waals surface area contributed by atoms with Gasteiger partial charge in [0.25, 0.3) is 0 Å². The van der Waals surface area contributed by atoms with E-state index in [1.165, 1.54) is 7.11 Å². The molecule has 106 valence electrons. The molecule has 0 aliphatic heterocycles. The Kier molecular flexibility index (Phi) is 4.30. The lowest BCUT2D eigenvalue weighted by molar-refractivity contribution is 0.199. The largest absolute Gasteiger partial charge is 0.496 e. The van der Waals surface area contributed by atoms with Gasteiger partial charge in [0.1, 0.15) is 5.75 Å². The molecule has 0 aliphatic carbocycles. The van der Waals surface area contributed by atoms with Gasteiger partial charge in [-0.05, 0) is 6.92 Å². The third-order valence-corrected chi connectivity index (χ3v) is 2.88. The van der Waals surface area contributed by atoms with Crippen molar-refractivity contribution in [3.05, 3.63) is 30.3 Å². The number of ether oxygens (including phenoxy) is 3. The molecule has 0 heterocycles. The number of benzene rings is 2. The smallest absolute Gasteiger partial charge is 0.412 e. The molecular formula is C15H17NO4. The van der Waals surface area contributed by atoms with Crippen molar-refractivity contribution < 1.29 is 19.0 Å². The van der Waals surface area contributed by atoms with Gasteiger partial charge in [0, 0.05) is 23.4 Å². The first-order valence-corrected chi connectivity index (χ1v) is 6.30. The van der Waals surface area contributed by atoms with Gasteiger partial charge >= 0.3 is 6.09 Å². The lowest BCUT2D eigenvalue weighted by Crippen LogP contribution is -2.26. The van der Waals surface area contributed by atoms with Crippen LogP contribution in [0, 0.1) is 0 Å². The molecule has 0 bridgehead atoms. The molecule has 0 saturated carbocycles. The topological polar surface area (TPSA) is 56.8 Å². The summed E-state index contributed by atoms with van der Waals surface area (Å²) in [4.78, 5) is 11.7. The van der Waals surface area contributed by atoms with Gasteiger partial charge < -0.3 is 19.5 Å². The SMILES string of the molecule is CCNC(=O)Oc1c(OC)cc(OC)c2ccccc12. The summed E-state index contributed by atoms with van der Waals surface area (Å²) in [6, 6.07) is 9.23. The molecule has 1 amide bonds. The molecule has 0 saturated heterocycles. The monoisotopic (exact) mass is 275 g/mol. The summed E-state index contributed by atoms with van der Waals surface area (Å²) in [7, 11) is 3.11. The molecule has 0 aliphatic rings. The van der Waals surface area contributed by atoms with Crippen LogP contribution in [0.3, 0.4) is 0 Å². The third-order valence-electron chi connectivity index (χ3n) is 2.88. The Balaban J connectivity index is 2.59. The lowest BCUT2D eigenvalue weighted by Gasteiger charge is -2.14. The second kappa shape index (κ2) is 6.14. The first-order valence-electron chi connectivity index (χ1n) is 6.30. The van der Waals surface area contributed by atoms with E-state index >= 15 is 0 Å². The maximum Gasteiger partial charge on any atom is 0.412 e. The minimum Gasteiger partial charge on any atom is -0.496 e. The van der Waals surface area contributed by atoms with Crippen molar-refractivity contribution in [2.24, 2.45) is 0 Å². The van der Waals surface area contributed by atoms with E-state index in [-0.39, 0.29) is 0 Å². The summed E-state index contributed by atoms with van der Waals surface area (Å²) < 4.78 is 16.0. The maximum absolute atomic E-state index is 11.7. The Bertz CT molecular complexity index is 625. The molecule has 5 heteroatoms. The number of methoxy groups -OCH3 is 2. The molecule has 5 nitrogen and oxygen atoms in total. The fourth-order valence-electron chi connectivity index (χ4n) is 1.99. The molecule has 0 fully saturated rings. The zero-order valence-corrected chi connectivity index (χ0v) is 11.7. The number of hydrogen-bond acceptors (Lipinski definition) is 4. The molecule has 1 N–H and O–H groups in total. The van der Waals surface area contributed by atoms with Gasteiger partial charge in [-0.15, -0.1) is 0 Å². The Morgan fingerprint density at radius 3 is 2.35 bits per heavy atom. The van der Waals surface area contributed by atoms with Crippen LogP contribution in [0.5, 0.6) is 17.2 Å². The van der Waals surface area contributed by atoms with Gasteiger partial charge in [-0.3, -0.25) is 0 Å². The van der Waals surface area contributed by atoms with E-state index in [4.69, 9.17) is 14.2 Å². The standard InChI is InChI=1S/C15H17NO4/c1-4-16-15(17)20-14-11-8-6-5-7-10(11)12(18-2)9-13(14)19-3/h5-9H,4H2,1-3H3,(H,16,17). The first kappa shape index (κ1) is 14.0. The fourth-order valence-corrected chi connectivity index (χ4v) is 1.99. The van der Waals surface area contributed by atoms with Crippen molar-refractivity contribution >= 4 is 16.9 Å². The van der Waals surface area contributed by atoms with E-state index in [0.717, 1.165) is 10.8 Å². The van der Waals surface area contributed by atoms with Gasteiger partial charge in [0.05, 0.1) is 14.2 Å². The van der Waals surface area contributed by atoms with E-state index in [1.54, 1.807) is 13.2 Å². The van der Waals surface area contributed by atoms with Crippen LogP contribution in [0.15, 0.2) is 30.3 Å². The Labute approximate surface area is 117 Å². The van der Waals surface area contributed by atoms with Crippen molar-refractivity contribution in [1.29, 1.82) is 0 Å². The summed E-state index contributed by atoms with van der Waals surface area (Å²) in [6.45, 7) is 2.32. The Morgan fingerprint density at radius 2 is 1.75 bits per heavy atom. The van der Waals surface area contributed by atoms with E-state index in [9.17, 15) is 4.79 Å². The predicted molar refractivity (Wildman–Crippen MR) is 76.8 cm³/mol. The predicted octanol–water partition coefficient (Wildman–Crippen LogP) is 2.97. The van der Waals surface area contributed by atoms with Crippen molar-refractivity contribution in [2.75, 3.05) is 20.8 Å². The van der Waals surface area contributed by atoms with Crippen LogP contribution in [0.25, 0.3) is 10.8 Å². The van der Waals surface area contributed by atoms with E-state index in [2.05, 4.69) is 5.32 Å². The van der Waals surface area contributed by atoms with Crippen molar-refractivity contribution in [1.82, 2.24) is 5.32 Å². The van der Waals surface area contributed by atoms with E-state index in [1.807, 2.05) is 31.2 Å². The zero-order chi connectivity index (χ0) is 14.5. The minimum absolute atomic E-state index is 0.384. The van der Waals surface area contributed by atoms with Gasteiger partial charge in [-0.2, -0.15) is 0 Å². The molecule has 20 heavy (non-hydrogen) atoms. The highest BCUT2D eigenvalue weighted by Crippen LogP contribution is 2.41. The summed E-state index contributed by atoms with van der Waals surface area (Å²) >= 11 is 0. The average Bonchev–Trinajstić information content (AvgIpc) is 2.47. The number of hydrogen-bond donors (Lipinski definition) is 1. The number of rotatable bonds is 4. The highest BCUT2D eigenvalue weighted by atomic mass is 16.6. The quantitative estimate of drug-likeness (QED) is 0.932. The average molecular weight is 275 g/mol. The van der Waals surface area contributed by atoms with Crippen LogP contribution in [-0.2, 0) is 0 Å². The first-order chi connectivity index (χ1) is 9.71. The fraction of sp³-hybridized carbons (Fsp3) is 0.267. The number of nitrogens with one attached hydrogen (secondary N) is 1. The molecule has 0 radical (unpaired) electrons. The van der Waals surface area contributed by atoms with Crippen molar-refractivity contribution in [3.63, 3.8) is 0 Å². The molecule has 2 aromatic carbocycles. The molecule has 2 aromatic rings. The van der Waals surface area contributed by atoms with Crippen LogP contribution in [0.4, 0.5) is 4.79 Å². The van der Waals surface area contributed by atoms with Crippen LogP contribution < -0.4 is 19.5 Å². The highest BCUT2D eigenvalue weighted by molar-refractivity contribution is 5.97. The van der Waals surface area contributed by atoms with Gasteiger partial charge in [0.15, 0.2) is 11.5 Å². The molecule has 0 unspecified atom stereocenters. The molecule has 0 atom stereocenters. The van der Waals surface area contributed by atoms with Crippen LogP contribution in [0.2, 0.25) is 0 Å². The number of carbonyl (C=O) groups excluding carboxylic acids is 1. The maximum atomic E-state index is 11.7. The summed E-state index contributed by atoms with van der Waals surface area (Å²) in [6.07, 6.45) is -0.513. The molecule has 2 rings (SSSR count). The number of amides is 1. The summed E-state index contributed by atoms with van der Waals surface area (Å²) in [5.41, 5.74) is 0.